The molecule has 160 valence electrons. The summed E-state index contributed by atoms with van der Waals surface area (Å²) in [6.07, 6.45) is -0.840. The quantitative estimate of drug-likeness (QED) is 0.422. The van der Waals surface area contributed by atoms with Crippen molar-refractivity contribution in [2.24, 2.45) is 0 Å². The van der Waals surface area contributed by atoms with Crippen LogP contribution < -0.4 is 10.6 Å². The lowest BCUT2D eigenvalue weighted by Crippen LogP contribution is -2.29. The smallest absolute Gasteiger partial charge is 0.416 e. The van der Waals surface area contributed by atoms with Gasteiger partial charge in [-0.3, -0.25) is 4.79 Å². The SMILES string of the molecule is CC(CCC(=O)Nc1ccc(C(F)(F)F)cc1)NCCc1c[nH]c2ccc(O)cc12. The van der Waals surface area contributed by atoms with Crippen molar-refractivity contribution in [2.45, 2.75) is 38.4 Å². The number of carbonyl (C=O) groups is 1. The maximum atomic E-state index is 12.6. The predicted octanol–water partition coefficient (Wildman–Crippen LogP) is 4.83. The van der Waals surface area contributed by atoms with Crippen LogP contribution in [0.2, 0.25) is 0 Å². The van der Waals surface area contributed by atoms with E-state index in [1.165, 1.54) is 12.1 Å². The Hall–Kier alpha value is -3.00. The summed E-state index contributed by atoms with van der Waals surface area (Å²) in [6, 6.07) is 9.70. The number of phenolic OH excluding ortho intramolecular Hbond substituents is 1. The van der Waals surface area contributed by atoms with Gasteiger partial charge in [0.2, 0.25) is 5.91 Å². The van der Waals surface area contributed by atoms with Gasteiger partial charge in [-0.1, -0.05) is 0 Å². The molecule has 2 aromatic carbocycles. The fourth-order valence-electron chi connectivity index (χ4n) is 3.24. The van der Waals surface area contributed by atoms with Gasteiger partial charge in [-0.15, -0.1) is 0 Å². The molecule has 8 heteroatoms. The fraction of sp³-hybridized carbons (Fsp3) is 0.318. The zero-order valence-corrected chi connectivity index (χ0v) is 16.5. The number of phenols is 1. The number of rotatable bonds is 8. The second kappa shape index (κ2) is 9.21. The molecule has 0 spiro atoms. The van der Waals surface area contributed by atoms with Gasteiger partial charge in [0.15, 0.2) is 0 Å². The Bertz CT molecular complexity index is 997. The normalized spacial score (nSPS) is 12.8. The number of halogens is 3. The third-order valence-corrected chi connectivity index (χ3v) is 4.94. The molecule has 3 aromatic rings. The van der Waals surface area contributed by atoms with Crippen molar-refractivity contribution in [1.29, 1.82) is 0 Å². The number of nitrogens with one attached hydrogen (secondary N) is 3. The molecule has 1 aromatic heterocycles. The lowest BCUT2D eigenvalue weighted by Gasteiger charge is -2.14. The summed E-state index contributed by atoms with van der Waals surface area (Å²) in [5.74, 6) is -0.0146. The first-order chi connectivity index (χ1) is 14.2. The van der Waals surface area contributed by atoms with Crippen molar-refractivity contribution in [3.05, 3.63) is 59.8 Å². The van der Waals surface area contributed by atoms with Gasteiger partial charge in [0.1, 0.15) is 5.75 Å². The Balaban J connectivity index is 1.40. The summed E-state index contributed by atoms with van der Waals surface area (Å²) in [6.45, 7) is 2.69. The molecule has 0 aliphatic carbocycles. The van der Waals surface area contributed by atoms with Crippen LogP contribution in [0.1, 0.15) is 30.9 Å². The van der Waals surface area contributed by atoms with Crippen LogP contribution in [0.3, 0.4) is 0 Å². The van der Waals surface area contributed by atoms with E-state index in [1.54, 1.807) is 12.1 Å². The Labute approximate surface area is 172 Å². The van der Waals surface area contributed by atoms with Crippen molar-refractivity contribution in [3.8, 4) is 5.75 Å². The highest BCUT2D eigenvalue weighted by atomic mass is 19.4. The second-order valence-corrected chi connectivity index (χ2v) is 7.31. The first-order valence-electron chi connectivity index (χ1n) is 9.72. The van der Waals surface area contributed by atoms with Gasteiger partial charge in [-0.05, 0) is 74.3 Å². The average Bonchev–Trinajstić information content (AvgIpc) is 3.08. The molecule has 1 unspecified atom stereocenters. The molecule has 0 bridgehead atoms. The van der Waals surface area contributed by atoms with E-state index in [0.29, 0.717) is 18.7 Å². The van der Waals surface area contributed by atoms with Crippen LogP contribution in [-0.2, 0) is 17.4 Å². The molecule has 0 fully saturated rings. The van der Waals surface area contributed by atoms with Crippen LogP contribution in [0, 0.1) is 0 Å². The van der Waals surface area contributed by atoms with Gasteiger partial charge in [0.05, 0.1) is 5.56 Å². The molecule has 1 heterocycles. The molecular weight excluding hydrogens is 395 g/mol. The van der Waals surface area contributed by atoms with Gasteiger partial charge in [0.25, 0.3) is 0 Å². The second-order valence-electron chi connectivity index (χ2n) is 7.31. The Kier molecular flexibility index (Phi) is 6.66. The van der Waals surface area contributed by atoms with Gasteiger partial charge in [-0.2, -0.15) is 13.2 Å². The number of H-pyrrole nitrogens is 1. The zero-order chi connectivity index (χ0) is 21.7. The van der Waals surface area contributed by atoms with Gasteiger partial charge >= 0.3 is 6.18 Å². The number of benzene rings is 2. The molecular formula is C22H24F3N3O2. The maximum Gasteiger partial charge on any atom is 0.416 e. The molecule has 0 radical (unpaired) electrons. The Morgan fingerprint density at radius 1 is 1.17 bits per heavy atom. The minimum Gasteiger partial charge on any atom is -0.508 e. The van der Waals surface area contributed by atoms with Crippen LogP contribution in [0.5, 0.6) is 5.75 Å². The van der Waals surface area contributed by atoms with E-state index in [9.17, 15) is 23.1 Å². The lowest BCUT2D eigenvalue weighted by molar-refractivity contribution is -0.137. The van der Waals surface area contributed by atoms with Crippen LogP contribution in [0.25, 0.3) is 10.9 Å². The average molecular weight is 419 g/mol. The van der Waals surface area contributed by atoms with Crippen LogP contribution in [0.15, 0.2) is 48.7 Å². The van der Waals surface area contributed by atoms with Crippen molar-refractivity contribution in [2.75, 3.05) is 11.9 Å². The first-order valence-corrected chi connectivity index (χ1v) is 9.72. The molecule has 5 nitrogen and oxygen atoms in total. The van der Waals surface area contributed by atoms with Gasteiger partial charge < -0.3 is 20.7 Å². The summed E-state index contributed by atoms with van der Waals surface area (Å²) >= 11 is 0. The number of amides is 1. The number of alkyl halides is 3. The van der Waals surface area contributed by atoms with E-state index >= 15 is 0 Å². The standard InChI is InChI=1S/C22H24F3N3O2/c1-14(26-11-10-15-13-27-20-8-7-18(29)12-19(15)20)2-9-21(30)28-17-5-3-16(4-6-17)22(23,24)25/h3-8,12-14,26-27,29H,2,9-11H2,1H3,(H,28,30). The number of fused-ring (bicyclic) bond motifs is 1. The summed E-state index contributed by atoms with van der Waals surface area (Å²) in [7, 11) is 0. The Morgan fingerprint density at radius 2 is 1.90 bits per heavy atom. The number of carbonyl (C=O) groups excluding carboxylic acids is 1. The minimum absolute atomic E-state index is 0.0990. The van der Waals surface area contributed by atoms with Gasteiger partial charge in [-0.25, -0.2) is 0 Å². The van der Waals surface area contributed by atoms with E-state index < -0.39 is 11.7 Å². The lowest BCUT2D eigenvalue weighted by atomic mass is 10.1. The number of hydrogen-bond donors (Lipinski definition) is 4. The summed E-state index contributed by atoms with van der Waals surface area (Å²) in [5, 5.41) is 16.6. The highest BCUT2D eigenvalue weighted by Crippen LogP contribution is 2.29. The predicted molar refractivity (Wildman–Crippen MR) is 110 cm³/mol. The summed E-state index contributed by atoms with van der Waals surface area (Å²) < 4.78 is 37.7. The summed E-state index contributed by atoms with van der Waals surface area (Å²) in [4.78, 5) is 15.2. The largest absolute Gasteiger partial charge is 0.508 e. The first kappa shape index (κ1) is 21.7. The molecule has 30 heavy (non-hydrogen) atoms. The zero-order valence-electron chi connectivity index (χ0n) is 16.5. The highest BCUT2D eigenvalue weighted by Gasteiger charge is 2.29. The number of aromatic hydroxyl groups is 1. The van der Waals surface area contributed by atoms with Crippen LogP contribution >= 0.6 is 0 Å². The third kappa shape index (κ3) is 5.76. The van der Waals surface area contributed by atoms with Gasteiger partial charge in [0, 0.05) is 35.2 Å². The summed E-state index contributed by atoms with van der Waals surface area (Å²) in [5.41, 5.74) is 1.66. The maximum absolute atomic E-state index is 12.6. The van der Waals surface area contributed by atoms with Crippen molar-refractivity contribution in [1.82, 2.24) is 10.3 Å². The molecule has 3 rings (SSSR count). The molecule has 1 amide bonds. The third-order valence-electron chi connectivity index (χ3n) is 4.94. The fourth-order valence-corrected chi connectivity index (χ4v) is 3.24. The minimum atomic E-state index is -4.39. The number of anilines is 1. The number of hydrogen-bond acceptors (Lipinski definition) is 3. The molecule has 0 aliphatic rings. The Morgan fingerprint density at radius 3 is 2.60 bits per heavy atom. The van der Waals surface area contributed by atoms with Crippen molar-refractivity contribution >= 4 is 22.5 Å². The monoisotopic (exact) mass is 419 g/mol. The van der Waals surface area contributed by atoms with E-state index in [-0.39, 0.29) is 24.1 Å². The highest BCUT2D eigenvalue weighted by molar-refractivity contribution is 5.90. The van der Waals surface area contributed by atoms with Crippen LogP contribution in [-0.4, -0.2) is 28.6 Å². The molecule has 0 saturated heterocycles. The molecule has 4 N–H and O–H groups in total. The van der Waals surface area contributed by atoms with E-state index in [4.69, 9.17) is 0 Å². The van der Waals surface area contributed by atoms with Crippen molar-refractivity contribution < 1.29 is 23.1 Å². The topological polar surface area (TPSA) is 77.2 Å². The number of aromatic amines is 1. The van der Waals surface area contributed by atoms with E-state index in [2.05, 4.69) is 15.6 Å². The molecule has 0 saturated carbocycles. The van der Waals surface area contributed by atoms with E-state index in [1.807, 2.05) is 19.2 Å². The van der Waals surface area contributed by atoms with Crippen LogP contribution in [0.4, 0.5) is 18.9 Å². The molecule has 0 aliphatic heterocycles. The van der Waals surface area contributed by atoms with Crippen molar-refractivity contribution in [3.63, 3.8) is 0 Å². The molecule has 1 atom stereocenters. The number of aromatic nitrogens is 1. The van der Waals surface area contributed by atoms with E-state index in [0.717, 1.165) is 35.0 Å².